The van der Waals surface area contributed by atoms with E-state index in [1.165, 1.54) is 13.8 Å². The first-order valence-electron chi connectivity index (χ1n) is 13.4. The van der Waals surface area contributed by atoms with Crippen LogP contribution in [0.4, 0.5) is 0 Å². The fourth-order valence-electron chi connectivity index (χ4n) is 7.41. The van der Waals surface area contributed by atoms with E-state index in [1.807, 2.05) is 37.3 Å². The van der Waals surface area contributed by atoms with Gasteiger partial charge in [0.2, 0.25) is 5.91 Å². The van der Waals surface area contributed by atoms with E-state index in [2.05, 4.69) is 11.9 Å². The third-order valence-corrected chi connectivity index (χ3v) is 9.31. The van der Waals surface area contributed by atoms with E-state index in [0.29, 0.717) is 18.4 Å². The largest absolute Gasteiger partial charge is 0.458 e. The predicted molar refractivity (Wildman–Crippen MR) is 139 cm³/mol. The van der Waals surface area contributed by atoms with Crippen molar-refractivity contribution in [1.29, 1.82) is 0 Å². The molecule has 204 valence electrons. The Labute approximate surface area is 223 Å². The maximum absolute atomic E-state index is 14.3. The van der Waals surface area contributed by atoms with E-state index in [9.17, 15) is 24.6 Å². The van der Waals surface area contributed by atoms with Gasteiger partial charge in [0.05, 0.1) is 6.10 Å². The highest BCUT2D eigenvalue weighted by Gasteiger charge is 2.74. The molecule has 1 amide bonds. The Kier molecular flexibility index (Phi) is 6.65. The molecule has 0 radical (unpaired) electrons. The molecule has 2 saturated heterocycles. The number of benzene rings is 1. The van der Waals surface area contributed by atoms with Gasteiger partial charge in [0, 0.05) is 30.7 Å². The van der Waals surface area contributed by atoms with Gasteiger partial charge in [-0.2, -0.15) is 0 Å². The number of ketones is 1. The average Bonchev–Trinajstić information content (AvgIpc) is 3.62. The molecule has 1 spiro atoms. The maximum Gasteiger partial charge on any atom is 0.303 e. The van der Waals surface area contributed by atoms with Gasteiger partial charge in [-0.3, -0.25) is 14.4 Å². The van der Waals surface area contributed by atoms with Crippen LogP contribution in [0.15, 0.2) is 54.6 Å². The molecule has 11 atom stereocenters. The Balaban J connectivity index is 1.70. The minimum absolute atomic E-state index is 0.302. The lowest BCUT2D eigenvalue weighted by Gasteiger charge is -2.52. The van der Waals surface area contributed by atoms with Gasteiger partial charge in [-0.15, -0.1) is 0 Å². The first-order valence-corrected chi connectivity index (χ1v) is 13.4. The molecule has 2 heterocycles. The number of amides is 1. The van der Waals surface area contributed by atoms with Gasteiger partial charge < -0.3 is 25.0 Å². The first kappa shape index (κ1) is 26.8. The third-order valence-electron chi connectivity index (χ3n) is 9.31. The number of Topliss-reactive ketones (excluding diaryl/α,β-unsaturated/α-hetero) is 1. The minimum Gasteiger partial charge on any atom is -0.458 e. The van der Waals surface area contributed by atoms with Crippen molar-refractivity contribution in [3.05, 3.63) is 60.2 Å². The molecule has 1 aromatic carbocycles. The van der Waals surface area contributed by atoms with Crippen LogP contribution in [0.2, 0.25) is 0 Å². The molecule has 8 heteroatoms. The highest BCUT2D eigenvalue weighted by molar-refractivity contribution is 5.91. The summed E-state index contributed by atoms with van der Waals surface area (Å²) < 4.78 is 11.9. The van der Waals surface area contributed by atoms with Gasteiger partial charge >= 0.3 is 5.97 Å². The lowest BCUT2D eigenvalue weighted by molar-refractivity contribution is -0.175. The van der Waals surface area contributed by atoms with Crippen molar-refractivity contribution in [2.24, 2.45) is 29.1 Å². The second-order valence-corrected chi connectivity index (χ2v) is 11.7. The fraction of sp³-hybridized carbons (Fsp3) is 0.567. The number of rotatable bonds is 3. The molecule has 1 saturated carbocycles. The zero-order chi connectivity index (χ0) is 27.6. The number of ether oxygens (including phenoxy) is 2. The van der Waals surface area contributed by atoms with Crippen LogP contribution in [-0.2, 0) is 30.3 Å². The highest BCUT2D eigenvalue weighted by Crippen LogP contribution is 2.61. The predicted octanol–water partition coefficient (Wildman–Crippen LogP) is 2.13. The molecular formula is C30H37NO7. The molecule has 4 aliphatic rings. The smallest absolute Gasteiger partial charge is 0.303 e. The lowest BCUT2D eigenvalue weighted by atomic mass is 9.51. The molecule has 0 unspecified atom stereocenters. The number of hydrogen-bond acceptors (Lipinski definition) is 7. The van der Waals surface area contributed by atoms with Crippen molar-refractivity contribution in [3.63, 3.8) is 0 Å². The van der Waals surface area contributed by atoms with E-state index in [0.717, 1.165) is 5.56 Å². The normalized spacial score (nSPS) is 45.1. The Morgan fingerprint density at radius 3 is 2.58 bits per heavy atom. The number of nitrogens with one attached hydrogen (secondary N) is 1. The fourth-order valence-corrected chi connectivity index (χ4v) is 7.41. The van der Waals surface area contributed by atoms with Crippen molar-refractivity contribution < 1.29 is 34.1 Å². The number of fused-ring (bicyclic) bond motifs is 1. The summed E-state index contributed by atoms with van der Waals surface area (Å²) in [5, 5.41) is 26.0. The molecule has 2 aliphatic heterocycles. The summed E-state index contributed by atoms with van der Waals surface area (Å²) in [4.78, 5) is 40.0. The summed E-state index contributed by atoms with van der Waals surface area (Å²) in [7, 11) is 0. The van der Waals surface area contributed by atoms with Crippen LogP contribution < -0.4 is 5.32 Å². The molecule has 0 aromatic heterocycles. The maximum atomic E-state index is 14.3. The summed E-state index contributed by atoms with van der Waals surface area (Å²) >= 11 is 0. The monoisotopic (exact) mass is 523 g/mol. The lowest BCUT2D eigenvalue weighted by Crippen LogP contribution is -2.62. The molecule has 2 aliphatic carbocycles. The van der Waals surface area contributed by atoms with Crippen molar-refractivity contribution >= 4 is 17.7 Å². The third kappa shape index (κ3) is 3.96. The van der Waals surface area contributed by atoms with Crippen LogP contribution in [0.5, 0.6) is 0 Å². The summed E-state index contributed by atoms with van der Waals surface area (Å²) in [6.45, 7) is 10.6. The van der Waals surface area contributed by atoms with Gasteiger partial charge in [0.1, 0.15) is 29.3 Å². The van der Waals surface area contributed by atoms with Crippen molar-refractivity contribution in [3.8, 4) is 0 Å². The van der Waals surface area contributed by atoms with E-state index >= 15 is 0 Å². The van der Waals surface area contributed by atoms with Gasteiger partial charge in [-0.05, 0) is 36.8 Å². The Hall–Kier alpha value is -2.81. The van der Waals surface area contributed by atoms with Gasteiger partial charge in [-0.1, -0.05) is 62.9 Å². The van der Waals surface area contributed by atoms with Crippen LogP contribution >= 0.6 is 0 Å². The number of hydrogen-bond donors (Lipinski definition) is 3. The van der Waals surface area contributed by atoms with Crippen LogP contribution in [0, 0.1) is 29.1 Å². The molecule has 3 N–H and O–H groups in total. The molecular weight excluding hydrogens is 486 g/mol. The molecule has 3 fully saturated rings. The van der Waals surface area contributed by atoms with Crippen LogP contribution in [-0.4, -0.2) is 63.9 Å². The van der Waals surface area contributed by atoms with E-state index in [1.54, 1.807) is 19.1 Å². The van der Waals surface area contributed by atoms with E-state index < -0.39 is 59.2 Å². The Morgan fingerprint density at radius 1 is 1.24 bits per heavy atom. The van der Waals surface area contributed by atoms with E-state index in [-0.39, 0.29) is 23.7 Å². The van der Waals surface area contributed by atoms with Gasteiger partial charge in [-0.25, -0.2) is 0 Å². The number of esters is 1. The number of carbonyl (C=O) groups is 3. The summed E-state index contributed by atoms with van der Waals surface area (Å²) in [6, 6.07) is 9.48. The Bertz CT molecular complexity index is 1180. The second-order valence-electron chi connectivity index (χ2n) is 11.7. The average molecular weight is 524 g/mol. The standard InChI is InChI=1S/C30H37NO7/c1-15-10-9-13-20-23(33)17(3)16(2)22-21(14-19-11-7-6-8-12-19)31-28(35)30(20,22)27(37-18(4)32)24-26(38-24)29(5,36)25(15)34/h6-9,11-13,15-16,20-24,26-27,33,36H,3,10,14H2,1-2,4-5H3,(H,31,35)/b13-9+/t15-,16+,20-,21-,22-,23+,24+,26+,27+,29-,30-/m0/s1. The summed E-state index contributed by atoms with van der Waals surface area (Å²) in [5.74, 6) is -3.34. The quantitative estimate of drug-likeness (QED) is 0.315. The first-order chi connectivity index (χ1) is 17.9. The van der Waals surface area contributed by atoms with Crippen molar-refractivity contribution in [2.45, 2.75) is 76.6 Å². The molecule has 5 rings (SSSR count). The highest BCUT2D eigenvalue weighted by atomic mass is 16.6. The number of allylic oxidation sites excluding steroid dienone is 1. The van der Waals surface area contributed by atoms with E-state index in [4.69, 9.17) is 9.47 Å². The number of epoxide rings is 1. The molecule has 38 heavy (non-hydrogen) atoms. The van der Waals surface area contributed by atoms with Gasteiger partial charge in [0.25, 0.3) is 0 Å². The van der Waals surface area contributed by atoms with Crippen molar-refractivity contribution in [2.75, 3.05) is 0 Å². The number of carbonyl (C=O) groups excluding carboxylic acids is 3. The zero-order valence-electron chi connectivity index (χ0n) is 22.3. The second kappa shape index (κ2) is 9.43. The molecule has 0 bridgehead atoms. The molecule has 1 aromatic rings. The number of aliphatic hydroxyl groups excluding tert-OH is 1. The van der Waals surface area contributed by atoms with Gasteiger partial charge in [0.15, 0.2) is 5.78 Å². The Morgan fingerprint density at radius 2 is 1.92 bits per heavy atom. The minimum atomic E-state index is -1.83. The number of aliphatic hydroxyl groups is 2. The summed E-state index contributed by atoms with van der Waals surface area (Å²) in [6.07, 6.45) is 0.350. The van der Waals surface area contributed by atoms with Crippen LogP contribution in [0.25, 0.3) is 0 Å². The summed E-state index contributed by atoms with van der Waals surface area (Å²) in [5.41, 5.74) is -1.60. The topological polar surface area (TPSA) is 125 Å². The molecule has 8 nitrogen and oxygen atoms in total. The van der Waals surface area contributed by atoms with Crippen molar-refractivity contribution in [1.82, 2.24) is 5.32 Å². The SMILES string of the molecule is C=C1[C@@H](C)[C@H]2[C@H](Cc3ccccc3)NC(=O)[C@]23[C@H](OC(C)=O)[C@@H]2O[C@H]2[C@@](C)(O)C(=O)[C@@H](C)C/C=C/[C@H]3[C@@H]1O. The van der Waals surface area contributed by atoms with Crippen LogP contribution in [0.3, 0.4) is 0 Å². The van der Waals surface area contributed by atoms with Crippen LogP contribution in [0.1, 0.15) is 39.7 Å². The zero-order valence-corrected chi connectivity index (χ0v) is 22.3.